The summed E-state index contributed by atoms with van der Waals surface area (Å²) < 4.78 is 10.8. The van der Waals surface area contributed by atoms with Gasteiger partial charge >= 0.3 is 0 Å². The molecule has 2 N–H and O–H groups in total. The largest absolute Gasteiger partial charge is 0.497 e. The highest BCUT2D eigenvalue weighted by Crippen LogP contribution is 2.24. The summed E-state index contributed by atoms with van der Waals surface area (Å²) in [5.74, 6) is 1.67. The minimum atomic E-state index is 0.0972. The van der Waals surface area contributed by atoms with Gasteiger partial charge in [0.2, 0.25) is 0 Å². The summed E-state index contributed by atoms with van der Waals surface area (Å²) in [6.45, 7) is 0.697. The number of thiocarbonyl (C=S) groups is 1. The van der Waals surface area contributed by atoms with Crippen LogP contribution in [0.1, 0.15) is 22.7 Å². The van der Waals surface area contributed by atoms with E-state index in [4.69, 9.17) is 21.7 Å². The smallest absolute Gasteiger partial charge is 0.166 e. The second kappa shape index (κ2) is 11.2. The highest BCUT2D eigenvalue weighted by molar-refractivity contribution is 7.80. The van der Waals surface area contributed by atoms with Gasteiger partial charge in [-0.2, -0.15) is 0 Å². The maximum Gasteiger partial charge on any atom is 0.166 e. The maximum absolute atomic E-state index is 5.59. The predicted molar refractivity (Wildman–Crippen MR) is 126 cm³/mol. The Labute approximate surface area is 184 Å². The molecule has 0 saturated heterocycles. The van der Waals surface area contributed by atoms with Crippen LogP contribution in [-0.2, 0) is 12.8 Å². The fourth-order valence-corrected chi connectivity index (χ4v) is 3.63. The zero-order valence-corrected chi connectivity index (χ0v) is 18.2. The van der Waals surface area contributed by atoms with Crippen molar-refractivity contribution in [1.29, 1.82) is 0 Å². The van der Waals surface area contributed by atoms with Gasteiger partial charge in [-0.3, -0.25) is 0 Å². The molecule has 0 fully saturated rings. The summed E-state index contributed by atoms with van der Waals surface area (Å²) in [5, 5.41) is 7.45. The van der Waals surface area contributed by atoms with E-state index in [0.29, 0.717) is 11.7 Å². The van der Waals surface area contributed by atoms with Gasteiger partial charge in [-0.05, 0) is 59.9 Å². The van der Waals surface area contributed by atoms with Crippen molar-refractivity contribution in [1.82, 2.24) is 10.6 Å². The van der Waals surface area contributed by atoms with E-state index in [-0.39, 0.29) is 6.04 Å². The van der Waals surface area contributed by atoms with Gasteiger partial charge in [-0.15, -0.1) is 0 Å². The van der Waals surface area contributed by atoms with Crippen molar-refractivity contribution in [2.24, 2.45) is 0 Å². The van der Waals surface area contributed by atoms with Gasteiger partial charge in [0.15, 0.2) is 5.11 Å². The van der Waals surface area contributed by atoms with Crippen LogP contribution in [0.25, 0.3) is 0 Å². The van der Waals surface area contributed by atoms with Crippen molar-refractivity contribution in [3.63, 3.8) is 0 Å². The lowest BCUT2D eigenvalue weighted by Crippen LogP contribution is -2.39. The molecule has 0 aliphatic carbocycles. The van der Waals surface area contributed by atoms with E-state index in [0.717, 1.165) is 29.9 Å². The van der Waals surface area contributed by atoms with Crippen LogP contribution in [0.4, 0.5) is 0 Å². The first kappa shape index (κ1) is 21.7. The Kier molecular flexibility index (Phi) is 8.10. The van der Waals surface area contributed by atoms with Crippen LogP contribution in [0.5, 0.6) is 11.5 Å². The monoisotopic (exact) mass is 420 g/mol. The Hall–Kier alpha value is -3.05. The van der Waals surface area contributed by atoms with Gasteiger partial charge in [0.05, 0.1) is 20.3 Å². The summed E-state index contributed by atoms with van der Waals surface area (Å²) in [4.78, 5) is 0. The molecular formula is C25H28N2O2S. The quantitative estimate of drug-likeness (QED) is 0.492. The average molecular weight is 421 g/mol. The first-order chi connectivity index (χ1) is 14.7. The molecule has 1 unspecified atom stereocenters. The third kappa shape index (κ3) is 6.22. The van der Waals surface area contributed by atoms with Crippen LogP contribution in [-0.4, -0.2) is 25.9 Å². The van der Waals surface area contributed by atoms with Crippen molar-refractivity contribution in [3.8, 4) is 11.5 Å². The van der Waals surface area contributed by atoms with Gasteiger partial charge in [0.25, 0.3) is 0 Å². The normalized spacial score (nSPS) is 11.4. The van der Waals surface area contributed by atoms with Gasteiger partial charge in [-0.1, -0.05) is 60.7 Å². The van der Waals surface area contributed by atoms with Gasteiger partial charge in [-0.25, -0.2) is 0 Å². The molecule has 3 aromatic carbocycles. The Bertz CT molecular complexity index is 932. The second-order valence-electron chi connectivity index (χ2n) is 6.98. The van der Waals surface area contributed by atoms with Crippen LogP contribution in [0.2, 0.25) is 0 Å². The lowest BCUT2D eigenvalue weighted by atomic mass is 9.99. The molecule has 0 radical (unpaired) electrons. The Morgan fingerprint density at radius 2 is 1.60 bits per heavy atom. The van der Waals surface area contributed by atoms with Crippen LogP contribution in [0.15, 0.2) is 78.9 Å². The Morgan fingerprint density at radius 3 is 2.27 bits per heavy atom. The molecule has 0 heterocycles. The number of nitrogens with one attached hydrogen (secondary N) is 2. The lowest BCUT2D eigenvalue weighted by Gasteiger charge is -2.22. The molecule has 4 nitrogen and oxygen atoms in total. The summed E-state index contributed by atoms with van der Waals surface area (Å²) in [6.07, 6.45) is 1.63. The average Bonchev–Trinajstić information content (AvgIpc) is 2.80. The molecule has 0 bridgehead atoms. The van der Waals surface area contributed by atoms with Crippen molar-refractivity contribution < 1.29 is 9.47 Å². The van der Waals surface area contributed by atoms with Crippen molar-refractivity contribution >= 4 is 17.3 Å². The van der Waals surface area contributed by atoms with Gasteiger partial charge in [0, 0.05) is 6.54 Å². The SMILES string of the molecule is COc1ccc(OC)c(CCNC(=S)NC(Cc2ccccc2)c2ccccc2)c1. The maximum atomic E-state index is 5.59. The molecule has 0 aliphatic rings. The predicted octanol–water partition coefficient (Wildman–Crippen LogP) is 4.69. The number of benzene rings is 3. The fraction of sp³-hybridized carbons (Fsp3) is 0.240. The van der Waals surface area contributed by atoms with E-state index in [1.807, 2.05) is 30.3 Å². The molecule has 30 heavy (non-hydrogen) atoms. The topological polar surface area (TPSA) is 42.5 Å². The number of hydrogen-bond donors (Lipinski definition) is 2. The van der Waals surface area contributed by atoms with Gasteiger partial charge in [0.1, 0.15) is 11.5 Å². The highest BCUT2D eigenvalue weighted by Gasteiger charge is 2.13. The first-order valence-electron chi connectivity index (χ1n) is 10.0. The van der Waals surface area contributed by atoms with Crippen molar-refractivity contribution in [3.05, 3.63) is 95.6 Å². The molecular weight excluding hydrogens is 392 g/mol. The standard InChI is InChI=1S/C25H28N2O2S/c1-28-22-13-14-24(29-2)21(18-22)15-16-26-25(30)27-23(20-11-7-4-8-12-20)17-19-9-5-3-6-10-19/h3-14,18,23H,15-17H2,1-2H3,(H2,26,27,30). The number of ether oxygens (including phenoxy) is 2. The minimum Gasteiger partial charge on any atom is -0.497 e. The van der Waals surface area contributed by atoms with Gasteiger partial charge < -0.3 is 20.1 Å². The number of methoxy groups -OCH3 is 2. The van der Waals surface area contributed by atoms with Crippen LogP contribution < -0.4 is 20.1 Å². The molecule has 156 valence electrons. The summed E-state index contributed by atoms with van der Waals surface area (Å²) >= 11 is 5.59. The highest BCUT2D eigenvalue weighted by atomic mass is 32.1. The van der Waals surface area contributed by atoms with Crippen molar-refractivity contribution in [2.75, 3.05) is 20.8 Å². The second-order valence-corrected chi connectivity index (χ2v) is 7.39. The first-order valence-corrected chi connectivity index (χ1v) is 10.4. The number of rotatable bonds is 9. The molecule has 3 aromatic rings. The molecule has 0 spiro atoms. The van der Waals surface area contributed by atoms with Crippen LogP contribution >= 0.6 is 12.2 Å². The molecule has 5 heteroatoms. The Morgan fingerprint density at radius 1 is 0.900 bits per heavy atom. The van der Waals surface area contributed by atoms with E-state index in [1.165, 1.54) is 11.1 Å². The molecule has 3 rings (SSSR count). The van der Waals surface area contributed by atoms with E-state index in [1.54, 1.807) is 14.2 Å². The van der Waals surface area contributed by atoms with Crippen LogP contribution in [0.3, 0.4) is 0 Å². The van der Waals surface area contributed by atoms with E-state index in [2.05, 4.69) is 59.2 Å². The molecule has 0 aromatic heterocycles. The lowest BCUT2D eigenvalue weighted by molar-refractivity contribution is 0.398. The van der Waals surface area contributed by atoms with E-state index in [9.17, 15) is 0 Å². The Balaban J connectivity index is 1.61. The third-order valence-corrected chi connectivity index (χ3v) is 5.22. The van der Waals surface area contributed by atoms with Crippen LogP contribution in [0, 0.1) is 0 Å². The third-order valence-electron chi connectivity index (χ3n) is 4.96. The summed E-state index contributed by atoms with van der Waals surface area (Å²) in [5.41, 5.74) is 3.55. The van der Waals surface area contributed by atoms with Crippen molar-refractivity contribution in [2.45, 2.75) is 18.9 Å². The zero-order chi connectivity index (χ0) is 21.2. The molecule has 0 saturated carbocycles. The molecule has 0 aliphatic heterocycles. The number of hydrogen-bond acceptors (Lipinski definition) is 3. The van der Waals surface area contributed by atoms with E-state index >= 15 is 0 Å². The minimum absolute atomic E-state index is 0.0972. The zero-order valence-electron chi connectivity index (χ0n) is 17.4. The summed E-state index contributed by atoms with van der Waals surface area (Å²) in [6, 6.07) is 26.8. The molecule has 0 amide bonds. The molecule has 1 atom stereocenters. The van der Waals surface area contributed by atoms with E-state index < -0.39 is 0 Å². The summed E-state index contributed by atoms with van der Waals surface area (Å²) in [7, 11) is 3.35. The fourth-order valence-electron chi connectivity index (χ4n) is 3.38.